The smallest absolute Gasteiger partial charge is 0.275 e. The van der Waals surface area contributed by atoms with E-state index in [2.05, 4.69) is 15.6 Å². The molecule has 2 amide bonds. The van der Waals surface area contributed by atoms with Crippen LogP contribution in [0.4, 0.5) is 5.69 Å². The third-order valence-corrected chi connectivity index (χ3v) is 4.26. The Balaban J connectivity index is 1.83. The third kappa shape index (κ3) is 3.74. The second kappa shape index (κ2) is 7.39. The minimum Gasteiger partial charge on any atom is -0.350 e. The molecule has 0 bridgehead atoms. The largest absolute Gasteiger partial charge is 0.350 e. The lowest BCUT2D eigenvalue weighted by atomic mass is 10.1. The Bertz CT molecular complexity index is 961. The number of para-hydroxylation sites is 1. The summed E-state index contributed by atoms with van der Waals surface area (Å²) >= 11 is 0. The van der Waals surface area contributed by atoms with E-state index in [9.17, 15) is 9.59 Å². The third-order valence-electron chi connectivity index (χ3n) is 4.26. The minimum atomic E-state index is -0.352. The fraction of sp³-hybridized carbons (Fsp3) is 0.250. The molecule has 1 atom stereocenters. The molecule has 6 nitrogen and oxygen atoms in total. The highest BCUT2D eigenvalue weighted by Gasteiger charge is 2.17. The first-order valence-corrected chi connectivity index (χ1v) is 8.64. The van der Waals surface area contributed by atoms with Crippen molar-refractivity contribution < 1.29 is 9.59 Å². The summed E-state index contributed by atoms with van der Waals surface area (Å²) in [6, 6.07) is 10.9. The zero-order valence-corrected chi connectivity index (χ0v) is 15.1. The van der Waals surface area contributed by atoms with Crippen LogP contribution < -0.4 is 10.6 Å². The van der Waals surface area contributed by atoms with Gasteiger partial charge in [-0.3, -0.25) is 9.59 Å². The Hall–Kier alpha value is -3.15. The van der Waals surface area contributed by atoms with Crippen molar-refractivity contribution >= 4 is 23.1 Å². The van der Waals surface area contributed by atoms with E-state index in [1.165, 1.54) is 0 Å². The number of fused-ring (bicyclic) bond motifs is 1. The molecule has 3 rings (SSSR count). The first-order chi connectivity index (χ1) is 12.5. The quantitative estimate of drug-likeness (QED) is 0.740. The number of aromatic nitrogens is 2. The molecule has 0 fully saturated rings. The van der Waals surface area contributed by atoms with Gasteiger partial charge in [0.15, 0.2) is 0 Å². The highest BCUT2D eigenvalue weighted by Crippen LogP contribution is 2.17. The predicted molar refractivity (Wildman–Crippen MR) is 102 cm³/mol. The number of amides is 2. The summed E-state index contributed by atoms with van der Waals surface area (Å²) in [4.78, 5) is 29.4. The van der Waals surface area contributed by atoms with Crippen molar-refractivity contribution in [2.75, 3.05) is 5.32 Å². The Morgan fingerprint density at radius 2 is 1.96 bits per heavy atom. The zero-order valence-electron chi connectivity index (χ0n) is 15.1. The number of nitrogens with one attached hydrogen (secondary N) is 2. The molecule has 6 heteroatoms. The molecule has 0 aliphatic carbocycles. The number of imidazole rings is 1. The van der Waals surface area contributed by atoms with Gasteiger partial charge in [0.1, 0.15) is 11.3 Å². The summed E-state index contributed by atoms with van der Waals surface area (Å²) in [6.07, 6.45) is 4.37. The molecule has 2 aromatic heterocycles. The lowest BCUT2D eigenvalue weighted by Crippen LogP contribution is -2.32. The maximum absolute atomic E-state index is 12.6. The van der Waals surface area contributed by atoms with E-state index in [0.29, 0.717) is 22.6 Å². The van der Waals surface area contributed by atoms with Crippen LogP contribution in [0.1, 0.15) is 46.7 Å². The van der Waals surface area contributed by atoms with Crippen LogP contribution in [0.25, 0.3) is 5.65 Å². The molecule has 0 aliphatic rings. The second-order valence-corrected chi connectivity index (χ2v) is 6.38. The standard InChI is InChI=1S/C20H22N4O2/c1-4-14(3)21-19(25)15-7-5-6-8-16(15)23-20(26)17-12-24-10-9-13(2)11-18(24)22-17/h5-12,14H,4H2,1-3H3,(H,21,25)(H,23,26)/t14-/m1/s1. The highest BCUT2D eigenvalue weighted by molar-refractivity contribution is 6.08. The minimum absolute atomic E-state index is 0.0629. The van der Waals surface area contributed by atoms with Gasteiger partial charge in [-0.1, -0.05) is 19.1 Å². The average Bonchev–Trinajstić information content (AvgIpc) is 3.05. The number of anilines is 1. The van der Waals surface area contributed by atoms with E-state index in [4.69, 9.17) is 0 Å². The first-order valence-electron chi connectivity index (χ1n) is 8.64. The molecule has 2 N–H and O–H groups in total. The number of nitrogens with zero attached hydrogens (tertiary/aromatic N) is 2. The van der Waals surface area contributed by atoms with Crippen LogP contribution >= 0.6 is 0 Å². The fourth-order valence-electron chi connectivity index (χ4n) is 2.57. The summed E-state index contributed by atoms with van der Waals surface area (Å²) in [7, 11) is 0. The SMILES string of the molecule is CC[C@@H](C)NC(=O)c1ccccc1NC(=O)c1cn2ccc(C)cc2n1. The number of pyridine rings is 1. The van der Waals surface area contributed by atoms with E-state index in [-0.39, 0.29) is 17.9 Å². The molecular weight excluding hydrogens is 328 g/mol. The van der Waals surface area contributed by atoms with Gasteiger partial charge in [-0.15, -0.1) is 0 Å². The molecule has 134 valence electrons. The van der Waals surface area contributed by atoms with Crippen molar-refractivity contribution in [3.05, 3.63) is 65.6 Å². The van der Waals surface area contributed by atoms with E-state index in [1.807, 2.05) is 39.1 Å². The van der Waals surface area contributed by atoms with Crippen LogP contribution in [0.2, 0.25) is 0 Å². The number of rotatable bonds is 5. The van der Waals surface area contributed by atoms with Gasteiger partial charge >= 0.3 is 0 Å². The number of hydrogen-bond donors (Lipinski definition) is 2. The molecule has 0 spiro atoms. The van der Waals surface area contributed by atoms with E-state index in [1.54, 1.807) is 34.9 Å². The van der Waals surface area contributed by atoms with Crippen LogP contribution in [-0.2, 0) is 0 Å². The molecule has 0 unspecified atom stereocenters. The topological polar surface area (TPSA) is 75.5 Å². The van der Waals surface area contributed by atoms with Crippen molar-refractivity contribution in [3.63, 3.8) is 0 Å². The number of aryl methyl sites for hydroxylation is 1. The maximum Gasteiger partial charge on any atom is 0.275 e. The molecule has 0 radical (unpaired) electrons. The van der Waals surface area contributed by atoms with Gasteiger partial charge in [0.2, 0.25) is 0 Å². The van der Waals surface area contributed by atoms with Gasteiger partial charge in [0.25, 0.3) is 11.8 Å². The van der Waals surface area contributed by atoms with E-state index >= 15 is 0 Å². The molecule has 0 saturated carbocycles. The van der Waals surface area contributed by atoms with Crippen LogP contribution in [0.15, 0.2) is 48.8 Å². The van der Waals surface area contributed by atoms with Crippen LogP contribution in [0, 0.1) is 6.92 Å². The van der Waals surface area contributed by atoms with Gasteiger partial charge in [0, 0.05) is 18.4 Å². The van der Waals surface area contributed by atoms with Gasteiger partial charge in [0.05, 0.1) is 11.3 Å². The lowest BCUT2D eigenvalue weighted by Gasteiger charge is -2.14. The summed E-state index contributed by atoms with van der Waals surface area (Å²) < 4.78 is 1.80. The van der Waals surface area contributed by atoms with Crippen LogP contribution in [-0.4, -0.2) is 27.2 Å². The summed E-state index contributed by atoms with van der Waals surface area (Å²) in [5.74, 6) is -0.559. The summed E-state index contributed by atoms with van der Waals surface area (Å²) in [6.45, 7) is 5.92. The first kappa shape index (κ1) is 17.7. The molecule has 26 heavy (non-hydrogen) atoms. The number of carbonyl (C=O) groups excluding carboxylic acids is 2. The Labute approximate surface area is 152 Å². The van der Waals surface area contributed by atoms with Crippen LogP contribution in [0.5, 0.6) is 0 Å². The van der Waals surface area contributed by atoms with Crippen molar-refractivity contribution in [2.24, 2.45) is 0 Å². The van der Waals surface area contributed by atoms with Crippen molar-refractivity contribution in [3.8, 4) is 0 Å². The number of benzene rings is 1. The van der Waals surface area contributed by atoms with Gasteiger partial charge < -0.3 is 15.0 Å². The maximum atomic E-state index is 12.6. The Kier molecular flexibility index (Phi) is 5.02. The van der Waals surface area contributed by atoms with Gasteiger partial charge in [-0.2, -0.15) is 0 Å². The fourth-order valence-corrected chi connectivity index (χ4v) is 2.57. The Morgan fingerprint density at radius 1 is 1.19 bits per heavy atom. The molecular formula is C20H22N4O2. The van der Waals surface area contributed by atoms with Crippen molar-refractivity contribution in [1.29, 1.82) is 0 Å². The van der Waals surface area contributed by atoms with E-state index < -0.39 is 0 Å². The van der Waals surface area contributed by atoms with Gasteiger partial charge in [-0.25, -0.2) is 4.98 Å². The van der Waals surface area contributed by atoms with Crippen molar-refractivity contribution in [1.82, 2.24) is 14.7 Å². The molecule has 2 heterocycles. The van der Waals surface area contributed by atoms with Gasteiger partial charge in [-0.05, 0) is 50.1 Å². The zero-order chi connectivity index (χ0) is 18.7. The summed E-state index contributed by atoms with van der Waals surface area (Å²) in [5.41, 5.74) is 2.97. The average molecular weight is 350 g/mol. The predicted octanol–water partition coefficient (Wildman–Crippen LogP) is 3.42. The van der Waals surface area contributed by atoms with E-state index in [0.717, 1.165) is 12.0 Å². The number of hydrogen-bond acceptors (Lipinski definition) is 3. The normalized spacial score (nSPS) is 12.0. The highest BCUT2D eigenvalue weighted by atomic mass is 16.2. The monoisotopic (exact) mass is 350 g/mol. The molecule has 0 saturated heterocycles. The Morgan fingerprint density at radius 3 is 2.73 bits per heavy atom. The van der Waals surface area contributed by atoms with Crippen LogP contribution in [0.3, 0.4) is 0 Å². The molecule has 1 aromatic carbocycles. The second-order valence-electron chi connectivity index (χ2n) is 6.38. The molecule has 0 aliphatic heterocycles. The summed E-state index contributed by atoms with van der Waals surface area (Å²) in [5, 5.41) is 5.72. The molecule has 3 aromatic rings. The number of carbonyl (C=O) groups is 2. The lowest BCUT2D eigenvalue weighted by molar-refractivity contribution is 0.0940. The van der Waals surface area contributed by atoms with Crippen molar-refractivity contribution in [2.45, 2.75) is 33.2 Å².